The Hall–Kier alpha value is -4.80. The van der Waals surface area contributed by atoms with Crippen molar-refractivity contribution in [3.05, 3.63) is 88.2 Å². The number of nitriles is 2. The summed E-state index contributed by atoms with van der Waals surface area (Å²) >= 11 is 0.997. The summed E-state index contributed by atoms with van der Waals surface area (Å²) in [6.07, 6.45) is 4.51. The van der Waals surface area contributed by atoms with Gasteiger partial charge in [0.05, 0.1) is 22.1 Å². The van der Waals surface area contributed by atoms with Gasteiger partial charge in [0.15, 0.2) is 5.78 Å². The highest BCUT2D eigenvalue weighted by molar-refractivity contribution is 8.00. The number of imide groups is 1. The highest BCUT2D eigenvalue weighted by Gasteiger charge is 2.42. The molecule has 1 aromatic heterocycles. The van der Waals surface area contributed by atoms with Gasteiger partial charge < -0.3 is 5.73 Å². The van der Waals surface area contributed by atoms with E-state index in [1.54, 1.807) is 18.2 Å². The molecule has 0 radical (unpaired) electrons. The zero-order chi connectivity index (χ0) is 27.7. The van der Waals surface area contributed by atoms with Crippen LogP contribution in [0, 0.1) is 28.5 Å². The fourth-order valence-electron chi connectivity index (χ4n) is 4.41. The van der Waals surface area contributed by atoms with Gasteiger partial charge in [0.1, 0.15) is 28.8 Å². The quantitative estimate of drug-likeness (QED) is 0.259. The summed E-state index contributed by atoms with van der Waals surface area (Å²) in [5.41, 5.74) is 8.33. The molecule has 2 N–H and O–H groups in total. The first-order valence-corrected chi connectivity index (χ1v) is 12.9. The van der Waals surface area contributed by atoms with Crippen molar-refractivity contribution in [3.8, 4) is 12.1 Å². The Morgan fingerprint density at radius 2 is 1.72 bits per heavy atom. The number of nitrogens with zero attached hydrogens (tertiary/aromatic N) is 4. The predicted octanol–water partition coefficient (Wildman–Crippen LogP) is 4.74. The molecule has 39 heavy (non-hydrogen) atoms. The van der Waals surface area contributed by atoms with Gasteiger partial charge in [-0.05, 0) is 72.4 Å². The van der Waals surface area contributed by atoms with Crippen LogP contribution in [0.3, 0.4) is 0 Å². The van der Waals surface area contributed by atoms with Crippen LogP contribution < -0.4 is 10.6 Å². The van der Waals surface area contributed by atoms with Crippen molar-refractivity contribution in [2.45, 2.75) is 35.5 Å². The molecule has 2 heterocycles. The fraction of sp³-hybridized carbons (Fsp3) is 0.172. The Balaban J connectivity index is 1.33. The number of carbonyl (C=O) groups is 3. The van der Waals surface area contributed by atoms with E-state index in [0.717, 1.165) is 29.5 Å². The second-order valence-electron chi connectivity index (χ2n) is 9.14. The number of aromatic nitrogens is 1. The van der Waals surface area contributed by atoms with Crippen LogP contribution in [0.25, 0.3) is 6.08 Å². The topological polar surface area (TPSA) is 141 Å². The second kappa shape index (κ2) is 10.5. The SMILES string of the molecule is N#Cc1c(N)nc(SC2CC(=O)N(c3ccc(C(=O)C=Cc4ccc(F)cc4)cc3)C2=O)c(C#N)c1C1CC1. The third kappa shape index (κ3) is 5.15. The lowest BCUT2D eigenvalue weighted by atomic mass is 10.0. The average Bonchev–Trinajstić information content (AvgIpc) is 3.73. The molecule has 2 aromatic carbocycles. The summed E-state index contributed by atoms with van der Waals surface area (Å²) in [5.74, 6) is -1.49. The number of nitrogen functional groups attached to an aromatic ring is 1. The fourth-order valence-corrected chi connectivity index (χ4v) is 5.54. The minimum absolute atomic E-state index is 0.00302. The molecule has 2 amide bonds. The maximum Gasteiger partial charge on any atom is 0.247 e. The summed E-state index contributed by atoms with van der Waals surface area (Å²) in [6, 6.07) is 15.9. The van der Waals surface area contributed by atoms with Crippen molar-refractivity contribution in [1.29, 1.82) is 10.5 Å². The van der Waals surface area contributed by atoms with Crippen LogP contribution in [0.15, 0.2) is 59.6 Å². The zero-order valence-electron chi connectivity index (χ0n) is 20.4. The molecule has 1 saturated carbocycles. The third-order valence-electron chi connectivity index (χ3n) is 6.51. The largest absolute Gasteiger partial charge is 0.383 e. The van der Waals surface area contributed by atoms with Crippen LogP contribution in [0.1, 0.15) is 57.8 Å². The lowest BCUT2D eigenvalue weighted by Crippen LogP contribution is -2.31. The van der Waals surface area contributed by atoms with Gasteiger partial charge in [0.2, 0.25) is 11.8 Å². The van der Waals surface area contributed by atoms with E-state index in [2.05, 4.69) is 11.1 Å². The number of anilines is 2. The van der Waals surface area contributed by atoms with Crippen LogP contribution in [-0.4, -0.2) is 27.8 Å². The van der Waals surface area contributed by atoms with Crippen molar-refractivity contribution >= 4 is 46.9 Å². The number of allylic oxidation sites excluding steroid dienone is 1. The molecular formula is C29H20FN5O3S. The van der Waals surface area contributed by atoms with Crippen molar-refractivity contribution in [2.24, 2.45) is 0 Å². The highest BCUT2D eigenvalue weighted by atomic mass is 32.2. The van der Waals surface area contributed by atoms with Crippen LogP contribution in [0.4, 0.5) is 15.9 Å². The normalized spacial score (nSPS) is 16.9. The maximum absolute atomic E-state index is 13.2. The van der Waals surface area contributed by atoms with Gasteiger partial charge in [-0.1, -0.05) is 30.0 Å². The maximum atomic E-state index is 13.2. The van der Waals surface area contributed by atoms with Gasteiger partial charge in [0.25, 0.3) is 0 Å². The number of hydrogen-bond donors (Lipinski definition) is 1. The van der Waals surface area contributed by atoms with E-state index >= 15 is 0 Å². The van der Waals surface area contributed by atoms with E-state index in [4.69, 9.17) is 5.73 Å². The zero-order valence-corrected chi connectivity index (χ0v) is 21.2. The molecule has 8 nitrogen and oxygen atoms in total. The van der Waals surface area contributed by atoms with Crippen LogP contribution in [-0.2, 0) is 9.59 Å². The first-order chi connectivity index (χ1) is 18.8. The Morgan fingerprint density at radius 3 is 2.33 bits per heavy atom. The van der Waals surface area contributed by atoms with Gasteiger partial charge in [0, 0.05) is 12.0 Å². The van der Waals surface area contributed by atoms with Crippen molar-refractivity contribution < 1.29 is 18.8 Å². The van der Waals surface area contributed by atoms with E-state index in [1.807, 2.05) is 6.07 Å². The number of ketones is 1. The van der Waals surface area contributed by atoms with Crippen LogP contribution in [0.5, 0.6) is 0 Å². The minimum atomic E-state index is -0.823. The molecule has 1 aliphatic heterocycles. The smallest absolute Gasteiger partial charge is 0.247 e. The van der Waals surface area contributed by atoms with Gasteiger partial charge in [-0.2, -0.15) is 10.5 Å². The molecule has 3 aromatic rings. The Bertz CT molecular complexity index is 1620. The Morgan fingerprint density at radius 1 is 1.05 bits per heavy atom. The van der Waals surface area contributed by atoms with Crippen molar-refractivity contribution in [3.63, 3.8) is 0 Å². The lowest BCUT2D eigenvalue weighted by Gasteiger charge is -2.16. The number of nitrogens with two attached hydrogens (primary N) is 1. The number of halogens is 1. The summed E-state index contributed by atoms with van der Waals surface area (Å²) in [5, 5.41) is 18.8. The first kappa shape index (κ1) is 25.8. The summed E-state index contributed by atoms with van der Waals surface area (Å²) in [4.78, 5) is 43.9. The number of thioether (sulfide) groups is 1. The summed E-state index contributed by atoms with van der Waals surface area (Å²) in [7, 11) is 0. The molecule has 1 saturated heterocycles. The number of rotatable bonds is 7. The molecule has 5 rings (SSSR count). The molecule has 1 unspecified atom stereocenters. The Labute approximate surface area is 227 Å². The van der Waals surface area contributed by atoms with E-state index < -0.39 is 17.1 Å². The standard InChI is InChI=1S/C29H20FN5O3S/c30-19-8-1-16(2-9-19)3-12-23(36)17-6-10-20(11-7-17)35-25(37)13-24(29(35)38)39-28-22(15-32)26(18-4-5-18)21(14-31)27(33)34-28/h1-3,6-12,18,24H,4-5,13H2,(H2,33,34). The molecular weight excluding hydrogens is 517 g/mol. The monoisotopic (exact) mass is 537 g/mol. The van der Waals surface area contributed by atoms with Crippen molar-refractivity contribution in [1.82, 2.24) is 4.98 Å². The van der Waals surface area contributed by atoms with Gasteiger partial charge in [-0.15, -0.1) is 0 Å². The molecule has 10 heteroatoms. The number of amides is 2. The van der Waals surface area contributed by atoms with E-state index in [9.17, 15) is 29.3 Å². The molecule has 1 aliphatic carbocycles. The highest BCUT2D eigenvalue weighted by Crippen LogP contribution is 2.47. The van der Waals surface area contributed by atoms with Gasteiger partial charge in [-0.3, -0.25) is 14.4 Å². The minimum Gasteiger partial charge on any atom is -0.383 e. The van der Waals surface area contributed by atoms with E-state index in [-0.39, 0.29) is 45.9 Å². The predicted molar refractivity (Wildman–Crippen MR) is 143 cm³/mol. The van der Waals surface area contributed by atoms with Crippen molar-refractivity contribution in [2.75, 3.05) is 10.6 Å². The molecule has 0 bridgehead atoms. The number of pyridine rings is 1. The third-order valence-corrected chi connectivity index (χ3v) is 7.68. The molecule has 1 atom stereocenters. The van der Waals surface area contributed by atoms with Crippen LogP contribution >= 0.6 is 11.8 Å². The van der Waals surface area contributed by atoms with Crippen LogP contribution in [0.2, 0.25) is 0 Å². The second-order valence-corrected chi connectivity index (χ2v) is 10.3. The number of hydrogen-bond acceptors (Lipinski definition) is 8. The lowest BCUT2D eigenvalue weighted by molar-refractivity contribution is -0.121. The van der Waals surface area contributed by atoms with E-state index in [1.165, 1.54) is 42.5 Å². The summed E-state index contributed by atoms with van der Waals surface area (Å²) in [6.45, 7) is 0. The first-order valence-electron chi connectivity index (χ1n) is 12.1. The molecule has 2 aliphatic rings. The average molecular weight is 538 g/mol. The van der Waals surface area contributed by atoms with Gasteiger partial charge >= 0.3 is 0 Å². The van der Waals surface area contributed by atoms with E-state index in [0.29, 0.717) is 22.4 Å². The molecule has 2 fully saturated rings. The van der Waals surface area contributed by atoms with Gasteiger partial charge in [-0.25, -0.2) is 14.3 Å². The Kier molecular flexibility index (Phi) is 6.97. The number of benzene rings is 2. The number of carbonyl (C=O) groups excluding carboxylic acids is 3. The molecule has 0 spiro atoms. The summed E-state index contributed by atoms with van der Waals surface area (Å²) < 4.78 is 13.1. The molecule has 192 valence electrons.